The van der Waals surface area contributed by atoms with Crippen LogP contribution in [0.3, 0.4) is 0 Å². The molecule has 15 heteroatoms. The zero-order chi connectivity index (χ0) is 40.5. The Morgan fingerprint density at radius 3 is 0.907 bits per heavy atom. The second kappa shape index (κ2) is 16.3. The standard InChI is InChI=1S/C39H60N6O9/c1-22(2)25-16-28(46)43(31(25)49)13-10-40-34(52)37(7)19-38(8,35(53)41-11-14-44-29(47)17-26(23(3)4)32(44)50)21-39(9,20-37)36(54)42-12-15-45-30(48)18-27(24(5)6)33(45)51/h22-27H,10-21H2,1-9H3,(H,40,52)(H,41,53)(H,42,54)/t25?,26?,27?,37-,38+,39-. The van der Waals surface area contributed by atoms with Gasteiger partial charge in [-0.15, -0.1) is 0 Å². The van der Waals surface area contributed by atoms with Crippen LogP contribution in [0.25, 0.3) is 0 Å². The highest BCUT2D eigenvalue weighted by molar-refractivity contribution is 6.05. The summed E-state index contributed by atoms with van der Waals surface area (Å²) in [6.07, 6.45) is 0.547. The van der Waals surface area contributed by atoms with E-state index in [4.69, 9.17) is 0 Å². The van der Waals surface area contributed by atoms with Crippen molar-refractivity contribution in [2.24, 2.45) is 51.8 Å². The van der Waals surface area contributed by atoms with Crippen LogP contribution >= 0.6 is 0 Å². The minimum absolute atomic E-state index is 0.00333. The van der Waals surface area contributed by atoms with Gasteiger partial charge in [0.15, 0.2) is 0 Å². The van der Waals surface area contributed by atoms with Crippen molar-refractivity contribution in [3.05, 3.63) is 0 Å². The fourth-order valence-corrected chi connectivity index (χ4v) is 9.13. The molecule has 4 aliphatic rings. The number of hydrogen-bond acceptors (Lipinski definition) is 9. The van der Waals surface area contributed by atoms with Crippen LogP contribution in [0.2, 0.25) is 0 Å². The lowest BCUT2D eigenvalue weighted by atomic mass is 9.53. The maximum absolute atomic E-state index is 14.0. The van der Waals surface area contributed by atoms with Gasteiger partial charge in [-0.05, 0) is 37.0 Å². The number of hydrogen-bond donors (Lipinski definition) is 3. The van der Waals surface area contributed by atoms with Crippen molar-refractivity contribution in [3.63, 3.8) is 0 Å². The van der Waals surface area contributed by atoms with E-state index in [-0.39, 0.29) is 131 Å². The van der Waals surface area contributed by atoms with Crippen LogP contribution in [-0.4, -0.2) is 107 Å². The molecular weight excluding hydrogens is 696 g/mol. The molecule has 0 spiro atoms. The Hall–Kier alpha value is -4.17. The Morgan fingerprint density at radius 2 is 0.722 bits per heavy atom. The van der Waals surface area contributed by atoms with E-state index in [0.717, 1.165) is 0 Å². The number of carbonyl (C=O) groups is 9. The molecule has 0 radical (unpaired) electrons. The van der Waals surface area contributed by atoms with Gasteiger partial charge in [0, 0.05) is 92.5 Å². The normalized spacial score (nSPS) is 30.4. The molecule has 3 heterocycles. The predicted molar refractivity (Wildman–Crippen MR) is 196 cm³/mol. The SMILES string of the molecule is CC(C)C1CC(=O)N(CCNC(=O)[C@]2(C)C[C@](C)(C(=O)NCCN3C(=O)CC(C(C)C)C3=O)C[C@](C)(C(=O)NCCN3C(=O)CC(C(C)C)C3=O)C2)C1=O. The Kier molecular flexibility index (Phi) is 12.8. The molecule has 3 N–H and O–H groups in total. The van der Waals surface area contributed by atoms with Gasteiger partial charge in [0.2, 0.25) is 53.2 Å². The zero-order valence-corrected chi connectivity index (χ0v) is 33.5. The number of amides is 9. The van der Waals surface area contributed by atoms with E-state index in [1.54, 1.807) is 20.8 Å². The van der Waals surface area contributed by atoms with Crippen molar-refractivity contribution >= 4 is 53.2 Å². The van der Waals surface area contributed by atoms with Crippen LogP contribution in [0.1, 0.15) is 101 Å². The predicted octanol–water partition coefficient (Wildman–Crippen LogP) is 1.63. The lowest BCUT2D eigenvalue weighted by Crippen LogP contribution is -2.58. The second-order valence-electron chi connectivity index (χ2n) is 17.8. The number of nitrogens with zero attached hydrogens (tertiary/aromatic N) is 3. The van der Waals surface area contributed by atoms with Gasteiger partial charge in [0.25, 0.3) is 0 Å². The van der Waals surface area contributed by atoms with E-state index in [2.05, 4.69) is 16.0 Å². The molecule has 1 saturated carbocycles. The molecule has 3 atom stereocenters. The third-order valence-electron chi connectivity index (χ3n) is 12.1. The van der Waals surface area contributed by atoms with Crippen molar-refractivity contribution in [3.8, 4) is 0 Å². The molecular formula is C39H60N6O9. The molecule has 0 aromatic heterocycles. The molecule has 3 aliphatic heterocycles. The Bertz CT molecular complexity index is 1380. The number of likely N-dealkylation sites (tertiary alicyclic amines) is 3. The molecule has 1 aliphatic carbocycles. The summed E-state index contributed by atoms with van der Waals surface area (Å²) >= 11 is 0. The fourth-order valence-electron chi connectivity index (χ4n) is 9.13. The highest BCUT2D eigenvalue weighted by atomic mass is 16.2. The highest BCUT2D eigenvalue weighted by Crippen LogP contribution is 2.55. The van der Waals surface area contributed by atoms with E-state index in [1.807, 2.05) is 41.5 Å². The Balaban J connectivity index is 1.48. The molecule has 0 aromatic carbocycles. The molecule has 54 heavy (non-hydrogen) atoms. The monoisotopic (exact) mass is 756 g/mol. The molecule has 3 saturated heterocycles. The molecule has 0 bridgehead atoms. The molecule has 3 unspecified atom stereocenters. The summed E-state index contributed by atoms with van der Waals surface area (Å²) in [6.45, 7) is 16.3. The van der Waals surface area contributed by atoms with Crippen LogP contribution < -0.4 is 16.0 Å². The highest BCUT2D eigenvalue weighted by Gasteiger charge is 2.57. The van der Waals surface area contributed by atoms with Gasteiger partial charge in [0.05, 0.1) is 0 Å². The zero-order valence-electron chi connectivity index (χ0n) is 33.5. The molecule has 4 fully saturated rings. The van der Waals surface area contributed by atoms with Gasteiger partial charge in [-0.25, -0.2) is 0 Å². The van der Waals surface area contributed by atoms with Crippen LogP contribution in [0.5, 0.6) is 0 Å². The summed E-state index contributed by atoms with van der Waals surface area (Å²) in [5.74, 6) is -4.23. The summed E-state index contributed by atoms with van der Waals surface area (Å²) < 4.78 is 0. The maximum Gasteiger partial charge on any atom is 0.233 e. The fraction of sp³-hybridized carbons (Fsp3) is 0.769. The summed E-state index contributed by atoms with van der Waals surface area (Å²) in [5, 5.41) is 8.56. The quantitative estimate of drug-likeness (QED) is 0.208. The third kappa shape index (κ3) is 8.70. The second-order valence-corrected chi connectivity index (χ2v) is 17.8. The van der Waals surface area contributed by atoms with Gasteiger partial charge in [-0.1, -0.05) is 62.3 Å². The van der Waals surface area contributed by atoms with E-state index in [1.165, 1.54) is 14.7 Å². The van der Waals surface area contributed by atoms with Gasteiger partial charge in [-0.3, -0.25) is 57.9 Å². The average Bonchev–Trinajstić information content (AvgIpc) is 3.64. The average molecular weight is 757 g/mol. The third-order valence-corrected chi connectivity index (χ3v) is 12.1. The molecule has 300 valence electrons. The van der Waals surface area contributed by atoms with E-state index < -0.39 is 51.7 Å². The Morgan fingerprint density at radius 1 is 0.500 bits per heavy atom. The topological polar surface area (TPSA) is 199 Å². The van der Waals surface area contributed by atoms with Crippen LogP contribution in [0.15, 0.2) is 0 Å². The first-order valence-corrected chi connectivity index (χ1v) is 19.4. The van der Waals surface area contributed by atoms with E-state index in [0.29, 0.717) is 0 Å². The van der Waals surface area contributed by atoms with E-state index >= 15 is 0 Å². The summed E-state index contributed by atoms with van der Waals surface area (Å²) in [4.78, 5) is 122. The van der Waals surface area contributed by atoms with Crippen molar-refractivity contribution in [1.82, 2.24) is 30.7 Å². The number of rotatable bonds is 15. The number of carbonyl (C=O) groups excluding carboxylic acids is 9. The van der Waals surface area contributed by atoms with Crippen molar-refractivity contribution in [2.45, 2.75) is 101 Å². The summed E-state index contributed by atoms with van der Waals surface area (Å²) in [7, 11) is 0. The van der Waals surface area contributed by atoms with Gasteiger partial charge in [-0.2, -0.15) is 0 Å². The first-order valence-electron chi connectivity index (χ1n) is 19.4. The molecule has 15 nitrogen and oxygen atoms in total. The first kappa shape index (κ1) is 42.6. The molecule has 4 rings (SSSR count). The summed E-state index contributed by atoms with van der Waals surface area (Å²) in [6, 6.07) is 0. The first-order chi connectivity index (χ1) is 25.0. The maximum atomic E-state index is 14.0. The van der Waals surface area contributed by atoms with E-state index in [9.17, 15) is 43.2 Å². The summed E-state index contributed by atoms with van der Waals surface area (Å²) in [5.41, 5.74) is -3.77. The lowest BCUT2D eigenvalue weighted by Gasteiger charge is -2.50. The van der Waals surface area contributed by atoms with Gasteiger partial charge >= 0.3 is 0 Å². The van der Waals surface area contributed by atoms with Crippen LogP contribution in [0, 0.1) is 51.8 Å². The smallest absolute Gasteiger partial charge is 0.233 e. The van der Waals surface area contributed by atoms with Crippen LogP contribution in [0.4, 0.5) is 0 Å². The number of nitrogens with one attached hydrogen (secondary N) is 3. The minimum Gasteiger partial charge on any atom is -0.354 e. The lowest BCUT2D eigenvalue weighted by molar-refractivity contribution is -0.155. The van der Waals surface area contributed by atoms with Crippen molar-refractivity contribution in [2.75, 3.05) is 39.3 Å². The van der Waals surface area contributed by atoms with Crippen LogP contribution in [-0.2, 0) is 43.2 Å². The van der Waals surface area contributed by atoms with Crippen molar-refractivity contribution in [1.29, 1.82) is 0 Å². The van der Waals surface area contributed by atoms with Crippen molar-refractivity contribution < 1.29 is 43.2 Å². The Labute approximate surface area is 318 Å². The molecule has 0 aromatic rings. The van der Waals surface area contributed by atoms with Gasteiger partial charge in [0.1, 0.15) is 0 Å². The number of imide groups is 3. The minimum atomic E-state index is -1.26. The molecule has 9 amide bonds. The largest absolute Gasteiger partial charge is 0.354 e. The van der Waals surface area contributed by atoms with Gasteiger partial charge < -0.3 is 16.0 Å².